The minimum atomic E-state index is 0.159. The van der Waals surface area contributed by atoms with Crippen LogP contribution in [0.15, 0.2) is 52.3 Å². The number of hydrogen-bond acceptors (Lipinski definition) is 3. The molecule has 0 aliphatic carbocycles. The number of aryl methyl sites for hydroxylation is 1. The van der Waals surface area contributed by atoms with Gasteiger partial charge in [-0.05, 0) is 48.7 Å². The molecule has 0 saturated heterocycles. The molecule has 2 aromatic carbocycles. The summed E-state index contributed by atoms with van der Waals surface area (Å²) < 4.78 is 0. The molecule has 3 heteroatoms. The molecule has 0 atom stereocenters. The highest BCUT2D eigenvalue weighted by Crippen LogP contribution is 2.34. The standard InChI is InChI=1S/C15H16O2S/c1-11-10-13(17)6-7-14(11)18-15-5-3-2-4-12(15)8-9-16/h2-7,10,16-17H,8-9H2,1H3. The summed E-state index contributed by atoms with van der Waals surface area (Å²) in [5, 5.41) is 18.5. The van der Waals surface area contributed by atoms with Crippen LogP contribution in [0.3, 0.4) is 0 Å². The second kappa shape index (κ2) is 5.94. The summed E-state index contributed by atoms with van der Waals surface area (Å²) >= 11 is 1.67. The molecule has 0 aliphatic rings. The van der Waals surface area contributed by atoms with Crippen LogP contribution in [-0.2, 0) is 6.42 Å². The molecule has 0 unspecified atom stereocenters. The fourth-order valence-corrected chi connectivity index (χ4v) is 2.84. The smallest absolute Gasteiger partial charge is 0.115 e. The zero-order valence-corrected chi connectivity index (χ0v) is 11.1. The van der Waals surface area contributed by atoms with E-state index in [1.54, 1.807) is 23.9 Å². The molecular weight excluding hydrogens is 244 g/mol. The molecule has 0 aliphatic heterocycles. The Morgan fingerprint density at radius 2 is 1.83 bits per heavy atom. The van der Waals surface area contributed by atoms with Crippen LogP contribution in [0.2, 0.25) is 0 Å². The predicted molar refractivity (Wildman–Crippen MR) is 74.2 cm³/mol. The van der Waals surface area contributed by atoms with Gasteiger partial charge in [0.2, 0.25) is 0 Å². The van der Waals surface area contributed by atoms with Gasteiger partial charge in [0.25, 0.3) is 0 Å². The van der Waals surface area contributed by atoms with Crippen LogP contribution in [0.4, 0.5) is 0 Å². The zero-order valence-electron chi connectivity index (χ0n) is 10.3. The van der Waals surface area contributed by atoms with Gasteiger partial charge in [0.15, 0.2) is 0 Å². The van der Waals surface area contributed by atoms with Crippen LogP contribution in [0.1, 0.15) is 11.1 Å². The first-order valence-electron chi connectivity index (χ1n) is 5.87. The molecule has 2 nitrogen and oxygen atoms in total. The SMILES string of the molecule is Cc1cc(O)ccc1Sc1ccccc1CCO. The number of rotatable bonds is 4. The first kappa shape index (κ1) is 13.0. The molecule has 0 bridgehead atoms. The van der Waals surface area contributed by atoms with Gasteiger partial charge in [0.05, 0.1) is 0 Å². The van der Waals surface area contributed by atoms with Crippen molar-refractivity contribution in [1.82, 2.24) is 0 Å². The minimum Gasteiger partial charge on any atom is -0.508 e. The molecule has 18 heavy (non-hydrogen) atoms. The molecule has 94 valence electrons. The van der Waals surface area contributed by atoms with Crippen molar-refractivity contribution in [3.05, 3.63) is 53.6 Å². The zero-order chi connectivity index (χ0) is 13.0. The lowest BCUT2D eigenvalue weighted by atomic mass is 10.2. The summed E-state index contributed by atoms with van der Waals surface area (Å²) in [5.41, 5.74) is 2.20. The maximum Gasteiger partial charge on any atom is 0.115 e. The Balaban J connectivity index is 2.28. The van der Waals surface area contributed by atoms with Crippen LogP contribution in [0.5, 0.6) is 5.75 Å². The summed E-state index contributed by atoms with van der Waals surface area (Å²) in [7, 11) is 0. The van der Waals surface area contributed by atoms with Crippen molar-refractivity contribution in [2.45, 2.75) is 23.1 Å². The highest BCUT2D eigenvalue weighted by Gasteiger charge is 2.06. The molecular formula is C15H16O2S. The van der Waals surface area contributed by atoms with Crippen LogP contribution >= 0.6 is 11.8 Å². The Hall–Kier alpha value is -1.45. The minimum absolute atomic E-state index is 0.159. The predicted octanol–water partition coefficient (Wildman–Crippen LogP) is 3.39. The van der Waals surface area contributed by atoms with Gasteiger partial charge in [-0.15, -0.1) is 0 Å². The number of aliphatic hydroxyl groups is 1. The van der Waals surface area contributed by atoms with Crippen LogP contribution in [-0.4, -0.2) is 16.8 Å². The summed E-state index contributed by atoms with van der Waals surface area (Å²) in [5.74, 6) is 0.292. The van der Waals surface area contributed by atoms with Crippen molar-refractivity contribution in [2.75, 3.05) is 6.61 Å². The summed E-state index contributed by atoms with van der Waals surface area (Å²) in [6.07, 6.45) is 0.667. The number of benzene rings is 2. The van der Waals surface area contributed by atoms with E-state index in [2.05, 4.69) is 6.07 Å². The van der Waals surface area contributed by atoms with E-state index in [4.69, 9.17) is 5.11 Å². The molecule has 0 amide bonds. The number of aliphatic hydroxyl groups excluding tert-OH is 1. The molecule has 2 N–H and O–H groups in total. The van der Waals surface area contributed by atoms with Gasteiger partial charge in [0, 0.05) is 16.4 Å². The highest BCUT2D eigenvalue weighted by molar-refractivity contribution is 7.99. The van der Waals surface area contributed by atoms with Gasteiger partial charge in [-0.3, -0.25) is 0 Å². The topological polar surface area (TPSA) is 40.5 Å². The fourth-order valence-electron chi connectivity index (χ4n) is 1.80. The Labute approximate surface area is 111 Å². The molecule has 0 aromatic heterocycles. The van der Waals surface area contributed by atoms with Crippen LogP contribution in [0.25, 0.3) is 0 Å². The molecule has 0 heterocycles. The van der Waals surface area contributed by atoms with Gasteiger partial charge in [-0.2, -0.15) is 0 Å². The molecule has 0 spiro atoms. The van der Waals surface area contributed by atoms with Crippen molar-refractivity contribution in [3.8, 4) is 5.75 Å². The van der Waals surface area contributed by atoms with Gasteiger partial charge in [0.1, 0.15) is 5.75 Å². The second-order valence-electron chi connectivity index (χ2n) is 4.13. The van der Waals surface area contributed by atoms with E-state index in [0.717, 1.165) is 20.9 Å². The monoisotopic (exact) mass is 260 g/mol. The second-order valence-corrected chi connectivity index (χ2v) is 5.22. The first-order valence-corrected chi connectivity index (χ1v) is 6.68. The first-order chi connectivity index (χ1) is 8.70. The van der Waals surface area contributed by atoms with E-state index in [-0.39, 0.29) is 6.61 Å². The summed E-state index contributed by atoms with van der Waals surface area (Å²) in [6, 6.07) is 13.5. The number of phenolic OH excluding ortho intramolecular Hbond substituents is 1. The third-order valence-corrected chi connectivity index (χ3v) is 4.03. The lowest BCUT2D eigenvalue weighted by Gasteiger charge is -2.10. The molecule has 0 saturated carbocycles. The number of hydrogen-bond donors (Lipinski definition) is 2. The van der Waals surface area contributed by atoms with Crippen molar-refractivity contribution in [3.63, 3.8) is 0 Å². The van der Waals surface area contributed by atoms with Crippen molar-refractivity contribution in [1.29, 1.82) is 0 Å². The molecule has 0 fully saturated rings. The van der Waals surface area contributed by atoms with E-state index in [1.165, 1.54) is 0 Å². The average molecular weight is 260 g/mol. The maximum absolute atomic E-state index is 9.40. The third kappa shape index (κ3) is 3.06. The summed E-state index contributed by atoms with van der Waals surface area (Å²) in [4.78, 5) is 2.28. The van der Waals surface area contributed by atoms with Crippen molar-refractivity contribution < 1.29 is 10.2 Å². The van der Waals surface area contributed by atoms with Crippen molar-refractivity contribution in [2.24, 2.45) is 0 Å². The van der Waals surface area contributed by atoms with Gasteiger partial charge in [-0.1, -0.05) is 30.0 Å². The molecule has 2 rings (SSSR count). The van der Waals surface area contributed by atoms with E-state index in [0.29, 0.717) is 12.2 Å². The van der Waals surface area contributed by atoms with Crippen molar-refractivity contribution >= 4 is 11.8 Å². The quantitative estimate of drug-likeness (QED) is 0.885. The normalized spacial score (nSPS) is 10.6. The Morgan fingerprint density at radius 3 is 2.56 bits per heavy atom. The van der Waals surface area contributed by atoms with Gasteiger partial charge in [-0.25, -0.2) is 0 Å². The van der Waals surface area contributed by atoms with E-state index < -0.39 is 0 Å². The van der Waals surface area contributed by atoms with E-state index >= 15 is 0 Å². The lowest BCUT2D eigenvalue weighted by molar-refractivity contribution is 0.299. The fraction of sp³-hybridized carbons (Fsp3) is 0.200. The van der Waals surface area contributed by atoms with E-state index in [1.807, 2.05) is 31.2 Å². The van der Waals surface area contributed by atoms with E-state index in [9.17, 15) is 5.11 Å². The Kier molecular flexibility index (Phi) is 4.28. The Morgan fingerprint density at radius 1 is 1.06 bits per heavy atom. The average Bonchev–Trinajstić information content (AvgIpc) is 2.35. The molecule has 2 aromatic rings. The number of aromatic hydroxyl groups is 1. The third-order valence-electron chi connectivity index (χ3n) is 2.73. The molecule has 0 radical (unpaired) electrons. The lowest BCUT2D eigenvalue weighted by Crippen LogP contribution is -1.93. The summed E-state index contributed by atoms with van der Waals surface area (Å²) in [6.45, 7) is 2.14. The van der Waals surface area contributed by atoms with Crippen LogP contribution < -0.4 is 0 Å². The number of phenols is 1. The van der Waals surface area contributed by atoms with Gasteiger partial charge >= 0.3 is 0 Å². The largest absolute Gasteiger partial charge is 0.508 e. The van der Waals surface area contributed by atoms with Crippen LogP contribution in [0, 0.1) is 6.92 Å². The Bertz CT molecular complexity index is 538. The van der Waals surface area contributed by atoms with Gasteiger partial charge < -0.3 is 10.2 Å². The highest BCUT2D eigenvalue weighted by atomic mass is 32.2. The maximum atomic E-state index is 9.40.